The minimum absolute atomic E-state index is 0.114. The Morgan fingerprint density at radius 1 is 1.13 bits per heavy atom. The number of ether oxygens (including phenoxy) is 1. The van der Waals surface area contributed by atoms with Gasteiger partial charge >= 0.3 is 0 Å². The van der Waals surface area contributed by atoms with Crippen molar-refractivity contribution in [3.63, 3.8) is 0 Å². The summed E-state index contributed by atoms with van der Waals surface area (Å²) in [7, 11) is 2.06. The number of likely N-dealkylation sites (N-methyl/N-ethyl adjacent to an activating group) is 1. The number of pyridine rings is 2. The molecule has 7 nitrogen and oxygen atoms in total. The van der Waals surface area contributed by atoms with Crippen LogP contribution in [-0.2, 0) is 19.4 Å². The molecule has 4 rings (SSSR count). The van der Waals surface area contributed by atoms with Crippen molar-refractivity contribution in [1.82, 2.24) is 19.8 Å². The number of halogens is 2. The molecule has 38 heavy (non-hydrogen) atoms. The molecule has 1 atom stereocenters. The van der Waals surface area contributed by atoms with E-state index >= 15 is 0 Å². The van der Waals surface area contributed by atoms with E-state index in [4.69, 9.17) is 16.3 Å². The smallest absolute Gasteiger partial charge is 0.254 e. The third-order valence-electron chi connectivity index (χ3n) is 7.13. The number of hydrogen-bond acceptors (Lipinski definition) is 6. The average Bonchev–Trinajstić information content (AvgIpc) is 2.93. The van der Waals surface area contributed by atoms with E-state index in [1.807, 2.05) is 19.1 Å². The summed E-state index contributed by atoms with van der Waals surface area (Å²) in [5.41, 5.74) is 5.33. The molecule has 0 saturated heterocycles. The Hall–Kier alpha value is -3.07. The minimum atomic E-state index is -0.528. The second-order valence-electron chi connectivity index (χ2n) is 9.55. The van der Waals surface area contributed by atoms with Gasteiger partial charge in [-0.05, 0) is 74.7 Å². The Balaban J connectivity index is 1.76. The van der Waals surface area contributed by atoms with Gasteiger partial charge in [0.25, 0.3) is 5.91 Å². The van der Waals surface area contributed by atoms with Crippen LogP contribution in [0.3, 0.4) is 0 Å². The quantitative estimate of drug-likeness (QED) is 0.361. The molecule has 0 bridgehead atoms. The number of carbonyl (C=O) groups excluding carboxylic acids is 1. The number of benzene rings is 1. The molecule has 3 heterocycles. The molecular formula is C29H34ClFN4O3. The van der Waals surface area contributed by atoms with E-state index in [0.29, 0.717) is 47.1 Å². The zero-order valence-corrected chi connectivity index (χ0v) is 23.1. The first kappa shape index (κ1) is 28.0. The van der Waals surface area contributed by atoms with E-state index in [-0.39, 0.29) is 24.3 Å². The molecule has 1 amide bonds. The monoisotopic (exact) mass is 540 g/mol. The number of hydrogen-bond donors (Lipinski definition) is 1. The maximum atomic E-state index is 14.1. The normalized spacial score (nSPS) is 14.1. The minimum Gasteiger partial charge on any atom is -0.491 e. The summed E-state index contributed by atoms with van der Waals surface area (Å²) >= 11 is 6.53. The number of aliphatic hydroxyl groups excluding tert-OH is 1. The Labute approximate surface area is 228 Å². The molecule has 1 aliphatic heterocycles. The number of rotatable bonds is 10. The first-order chi connectivity index (χ1) is 18.3. The van der Waals surface area contributed by atoms with E-state index < -0.39 is 5.82 Å². The van der Waals surface area contributed by atoms with Crippen molar-refractivity contribution in [2.24, 2.45) is 0 Å². The van der Waals surface area contributed by atoms with Gasteiger partial charge in [-0.2, -0.15) is 0 Å². The van der Waals surface area contributed by atoms with Crippen LogP contribution >= 0.6 is 11.6 Å². The molecule has 9 heteroatoms. The predicted molar refractivity (Wildman–Crippen MR) is 146 cm³/mol. The lowest BCUT2D eigenvalue weighted by Crippen LogP contribution is -2.40. The summed E-state index contributed by atoms with van der Waals surface area (Å²) in [5.74, 6) is -0.512. The van der Waals surface area contributed by atoms with Gasteiger partial charge in [-0.1, -0.05) is 24.6 Å². The van der Waals surface area contributed by atoms with E-state index in [1.165, 1.54) is 0 Å². The van der Waals surface area contributed by atoms with Crippen molar-refractivity contribution in [2.75, 3.05) is 33.3 Å². The van der Waals surface area contributed by atoms with Gasteiger partial charge < -0.3 is 19.6 Å². The lowest BCUT2D eigenvalue weighted by molar-refractivity contribution is 0.0668. The van der Waals surface area contributed by atoms with Crippen LogP contribution in [-0.4, -0.2) is 64.1 Å². The van der Waals surface area contributed by atoms with Crippen molar-refractivity contribution in [1.29, 1.82) is 0 Å². The maximum absolute atomic E-state index is 14.1. The van der Waals surface area contributed by atoms with E-state index in [0.717, 1.165) is 42.4 Å². The molecule has 0 aliphatic carbocycles. The largest absolute Gasteiger partial charge is 0.491 e. The fourth-order valence-electron chi connectivity index (χ4n) is 4.77. The molecule has 1 aliphatic rings. The van der Waals surface area contributed by atoms with Crippen LogP contribution in [0.2, 0.25) is 5.15 Å². The van der Waals surface area contributed by atoms with Crippen LogP contribution in [0.1, 0.15) is 59.6 Å². The fourth-order valence-corrected chi connectivity index (χ4v) is 4.97. The lowest BCUT2D eigenvalue weighted by atomic mass is 9.87. The molecule has 1 aromatic carbocycles. The van der Waals surface area contributed by atoms with Crippen LogP contribution < -0.4 is 4.74 Å². The number of carbonyl (C=O) groups is 1. The molecular weight excluding hydrogens is 507 g/mol. The zero-order chi connectivity index (χ0) is 27.4. The van der Waals surface area contributed by atoms with Crippen LogP contribution in [0.4, 0.5) is 4.39 Å². The summed E-state index contributed by atoms with van der Waals surface area (Å²) in [4.78, 5) is 26.5. The summed E-state index contributed by atoms with van der Waals surface area (Å²) < 4.78 is 19.5. The van der Waals surface area contributed by atoms with Crippen LogP contribution in [0.5, 0.6) is 5.75 Å². The Morgan fingerprint density at radius 2 is 1.87 bits per heavy atom. The van der Waals surface area contributed by atoms with Gasteiger partial charge in [-0.15, -0.1) is 0 Å². The average molecular weight is 541 g/mol. The number of aromatic nitrogens is 2. The van der Waals surface area contributed by atoms with Crippen LogP contribution in [0, 0.1) is 5.82 Å². The van der Waals surface area contributed by atoms with Gasteiger partial charge in [0.15, 0.2) is 11.6 Å². The number of aliphatic hydroxyl groups is 1. The molecule has 3 aromatic rings. The lowest BCUT2D eigenvalue weighted by Gasteiger charge is -2.35. The molecule has 2 aromatic heterocycles. The van der Waals surface area contributed by atoms with Gasteiger partial charge in [-0.3, -0.25) is 9.78 Å². The van der Waals surface area contributed by atoms with Gasteiger partial charge in [0.1, 0.15) is 5.15 Å². The molecule has 0 spiro atoms. The molecule has 0 saturated carbocycles. The first-order valence-electron chi connectivity index (χ1n) is 13.0. The number of amides is 1. The first-order valence-corrected chi connectivity index (χ1v) is 13.3. The van der Waals surface area contributed by atoms with Crippen molar-refractivity contribution < 1.29 is 19.0 Å². The highest BCUT2D eigenvalue weighted by molar-refractivity contribution is 6.32. The third-order valence-corrected chi connectivity index (χ3v) is 7.43. The van der Waals surface area contributed by atoms with Gasteiger partial charge in [-0.25, -0.2) is 9.37 Å². The Morgan fingerprint density at radius 3 is 2.58 bits per heavy atom. The second kappa shape index (κ2) is 12.2. The van der Waals surface area contributed by atoms with E-state index in [2.05, 4.69) is 34.9 Å². The third kappa shape index (κ3) is 5.82. The fraction of sp³-hybridized carbons (Fsp3) is 0.414. The molecule has 0 fully saturated rings. The Bertz CT molecular complexity index is 1320. The van der Waals surface area contributed by atoms with Crippen molar-refractivity contribution in [2.45, 2.75) is 46.3 Å². The highest BCUT2D eigenvalue weighted by atomic mass is 35.5. The van der Waals surface area contributed by atoms with E-state index in [9.17, 15) is 14.3 Å². The highest BCUT2D eigenvalue weighted by Crippen LogP contribution is 2.37. The molecule has 0 unspecified atom stereocenters. The van der Waals surface area contributed by atoms with Gasteiger partial charge in [0.05, 0.1) is 31.1 Å². The topological polar surface area (TPSA) is 78.8 Å². The summed E-state index contributed by atoms with van der Waals surface area (Å²) in [5, 5.41) is 10.0. The summed E-state index contributed by atoms with van der Waals surface area (Å²) in [6.45, 7) is 8.19. The predicted octanol–water partition coefficient (Wildman–Crippen LogP) is 5.08. The number of nitrogens with zero attached hydrogens (tertiary/aromatic N) is 4. The second-order valence-corrected chi connectivity index (χ2v) is 9.91. The SMILES string of the molecule is CCOc1cc([C@H](C)N2CCc3c(cc(CCN(C)CC)cc3-c3cc(CO)cnc3Cl)C2=O)ncc1F. The highest BCUT2D eigenvalue weighted by Gasteiger charge is 2.32. The number of fused-ring (bicyclic) bond motifs is 1. The van der Waals surface area contributed by atoms with E-state index in [1.54, 1.807) is 24.1 Å². The van der Waals surface area contributed by atoms with Crippen molar-refractivity contribution in [3.8, 4) is 16.9 Å². The van der Waals surface area contributed by atoms with Crippen molar-refractivity contribution in [3.05, 3.63) is 75.6 Å². The standard InChI is InChI=1S/C29H34ClFN4O3/c1-5-34(4)9-7-19-11-22(23-13-20(17-36)15-33-28(23)30)21-8-10-35(29(37)24(21)12-19)18(3)26-14-27(38-6-2)25(31)16-32-26/h11-16,18,36H,5-10,17H2,1-4H3/t18-/m0/s1. The van der Waals surface area contributed by atoms with Crippen LogP contribution in [0.25, 0.3) is 11.1 Å². The van der Waals surface area contributed by atoms with Gasteiger partial charge in [0, 0.05) is 36.5 Å². The zero-order valence-electron chi connectivity index (χ0n) is 22.3. The Kier molecular flexibility index (Phi) is 8.97. The van der Waals surface area contributed by atoms with Crippen LogP contribution in [0.15, 0.2) is 36.7 Å². The maximum Gasteiger partial charge on any atom is 0.254 e. The van der Waals surface area contributed by atoms with Gasteiger partial charge in [0.2, 0.25) is 0 Å². The summed E-state index contributed by atoms with van der Waals surface area (Å²) in [6.07, 6.45) is 4.06. The molecule has 202 valence electrons. The van der Waals surface area contributed by atoms with Crippen molar-refractivity contribution >= 4 is 17.5 Å². The molecule has 0 radical (unpaired) electrons. The molecule has 1 N–H and O–H groups in total. The summed E-state index contributed by atoms with van der Waals surface area (Å²) in [6, 6.07) is 7.10.